The van der Waals surface area contributed by atoms with Crippen LogP contribution in [0, 0.1) is 6.92 Å². The Morgan fingerprint density at radius 2 is 2.16 bits per heavy atom. The second-order valence-corrected chi connectivity index (χ2v) is 6.83. The van der Waals surface area contributed by atoms with Gasteiger partial charge in [-0.05, 0) is 56.6 Å². The van der Waals surface area contributed by atoms with E-state index in [1.807, 2.05) is 30.9 Å². The van der Waals surface area contributed by atoms with E-state index in [2.05, 4.69) is 32.4 Å². The lowest BCUT2D eigenvalue weighted by Crippen LogP contribution is -2.33. The number of pyridine rings is 1. The predicted molar refractivity (Wildman–Crippen MR) is 97.2 cm³/mol. The van der Waals surface area contributed by atoms with E-state index in [-0.39, 0.29) is 0 Å². The topological polar surface area (TPSA) is 59.1 Å². The molecule has 4 rings (SSSR count). The van der Waals surface area contributed by atoms with Crippen LogP contribution in [0.3, 0.4) is 0 Å². The van der Waals surface area contributed by atoms with Crippen LogP contribution in [-0.2, 0) is 13.6 Å². The second kappa shape index (κ2) is 6.98. The molecule has 4 heterocycles. The first kappa shape index (κ1) is 16.3. The molecule has 1 N–H and O–H groups in total. The maximum absolute atomic E-state index is 5.68. The Kier molecular flexibility index (Phi) is 4.55. The lowest BCUT2D eigenvalue weighted by Gasteiger charge is -2.26. The summed E-state index contributed by atoms with van der Waals surface area (Å²) in [6.07, 6.45) is 6.26. The van der Waals surface area contributed by atoms with Crippen LogP contribution in [0.15, 0.2) is 35.1 Å². The largest absolute Gasteiger partial charge is 0.468 e. The van der Waals surface area contributed by atoms with E-state index in [1.165, 1.54) is 18.4 Å². The fourth-order valence-corrected chi connectivity index (χ4v) is 3.74. The molecule has 1 aliphatic rings. The second-order valence-electron chi connectivity index (χ2n) is 6.83. The number of aryl methyl sites for hydroxylation is 2. The molecular weight excluding hydrogens is 314 g/mol. The lowest BCUT2D eigenvalue weighted by atomic mass is 10.1. The van der Waals surface area contributed by atoms with Crippen molar-refractivity contribution >= 4 is 11.0 Å². The zero-order valence-corrected chi connectivity index (χ0v) is 14.9. The highest BCUT2D eigenvalue weighted by molar-refractivity contribution is 5.78. The fraction of sp³-hybridized carbons (Fsp3) is 0.474. The smallest absolute Gasteiger partial charge is 0.157 e. The average Bonchev–Trinajstić information content (AvgIpc) is 3.35. The Balaban J connectivity index is 1.44. The van der Waals surface area contributed by atoms with Crippen molar-refractivity contribution < 1.29 is 4.42 Å². The van der Waals surface area contributed by atoms with Gasteiger partial charge in [0.1, 0.15) is 5.76 Å². The Labute approximate surface area is 147 Å². The number of hydrogen-bond acceptors (Lipinski definition) is 5. The molecule has 6 heteroatoms. The van der Waals surface area contributed by atoms with Crippen molar-refractivity contribution in [3.05, 3.63) is 47.7 Å². The Morgan fingerprint density at radius 3 is 2.92 bits per heavy atom. The molecule has 6 nitrogen and oxygen atoms in total. The molecule has 3 aromatic heterocycles. The highest BCUT2D eigenvalue weighted by atomic mass is 16.3. The number of rotatable bonds is 6. The van der Waals surface area contributed by atoms with Gasteiger partial charge in [-0.3, -0.25) is 9.58 Å². The van der Waals surface area contributed by atoms with Crippen LogP contribution >= 0.6 is 0 Å². The molecule has 0 amide bonds. The van der Waals surface area contributed by atoms with Crippen LogP contribution < -0.4 is 5.32 Å². The molecular formula is C19H25N5O. The van der Waals surface area contributed by atoms with Crippen molar-refractivity contribution in [3.63, 3.8) is 0 Å². The summed E-state index contributed by atoms with van der Waals surface area (Å²) >= 11 is 0. The van der Waals surface area contributed by atoms with Gasteiger partial charge in [0.15, 0.2) is 5.65 Å². The third-order valence-corrected chi connectivity index (χ3v) is 5.04. The molecule has 0 spiro atoms. The summed E-state index contributed by atoms with van der Waals surface area (Å²) in [5, 5.41) is 9.16. The number of furan rings is 1. The normalized spacial score (nSPS) is 16.7. The number of likely N-dealkylation sites (tertiary alicyclic amines) is 1. The van der Waals surface area contributed by atoms with E-state index in [9.17, 15) is 0 Å². The fourth-order valence-electron chi connectivity index (χ4n) is 3.74. The summed E-state index contributed by atoms with van der Waals surface area (Å²) in [5.41, 5.74) is 3.15. The van der Waals surface area contributed by atoms with Gasteiger partial charge in [-0.2, -0.15) is 5.10 Å². The summed E-state index contributed by atoms with van der Waals surface area (Å²) in [4.78, 5) is 7.07. The van der Waals surface area contributed by atoms with Crippen LogP contribution in [0.2, 0.25) is 0 Å². The third-order valence-electron chi connectivity index (χ3n) is 5.04. The molecule has 0 radical (unpaired) electrons. The van der Waals surface area contributed by atoms with Crippen LogP contribution in [-0.4, -0.2) is 39.3 Å². The maximum atomic E-state index is 5.68. The highest BCUT2D eigenvalue weighted by Gasteiger charge is 2.25. The van der Waals surface area contributed by atoms with Gasteiger partial charge in [-0.1, -0.05) is 0 Å². The number of nitrogens with zero attached hydrogens (tertiary/aromatic N) is 4. The van der Waals surface area contributed by atoms with Gasteiger partial charge in [0.2, 0.25) is 0 Å². The standard InChI is InChI=1S/C19H25N5O/c1-14-16-10-15(12-21-19(16)23(2)22-14)11-20-13-17(18-6-5-9-25-18)24-7-3-4-8-24/h5-6,9-10,12,17,20H,3-4,7-8,11,13H2,1-2H3/t17-/m0/s1. The molecule has 0 aliphatic carbocycles. The van der Waals surface area contributed by atoms with Crippen LogP contribution in [0.1, 0.15) is 35.9 Å². The summed E-state index contributed by atoms with van der Waals surface area (Å²) in [5.74, 6) is 1.05. The molecule has 1 fully saturated rings. The molecule has 0 aromatic carbocycles. The SMILES string of the molecule is Cc1nn(C)c2ncc(CNC[C@@H](c3ccco3)N3CCCC3)cc12. The van der Waals surface area contributed by atoms with Crippen molar-refractivity contribution in [1.29, 1.82) is 0 Å². The minimum absolute atomic E-state index is 0.300. The number of hydrogen-bond donors (Lipinski definition) is 1. The Morgan fingerprint density at radius 1 is 1.32 bits per heavy atom. The monoisotopic (exact) mass is 339 g/mol. The van der Waals surface area contributed by atoms with E-state index >= 15 is 0 Å². The lowest BCUT2D eigenvalue weighted by molar-refractivity contribution is 0.209. The first-order chi connectivity index (χ1) is 12.2. The van der Waals surface area contributed by atoms with Crippen molar-refractivity contribution in [3.8, 4) is 0 Å². The number of aromatic nitrogens is 3. The van der Waals surface area contributed by atoms with Gasteiger partial charge < -0.3 is 9.73 Å². The van der Waals surface area contributed by atoms with Gasteiger partial charge >= 0.3 is 0 Å². The van der Waals surface area contributed by atoms with Crippen LogP contribution in [0.25, 0.3) is 11.0 Å². The maximum Gasteiger partial charge on any atom is 0.157 e. The number of fused-ring (bicyclic) bond motifs is 1. The Hall–Kier alpha value is -2.18. The Bertz CT molecular complexity index is 833. The van der Waals surface area contributed by atoms with Crippen LogP contribution in [0.4, 0.5) is 0 Å². The molecule has 0 unspecified atom stereocenters. The van der Waals surface area contributed by atoms with Gasteiger partial charge in [-0.15, -0.1) is 0 Å². The predicted octanol–water partition coefficient (Wildman–Crippen LogP) is 2.80. The molecule has 1 saturated heterocycles. The van der Waals surface area contributed by atoms with Crippen LogP contribution in [0.5, 0.6) is 0 Å². The van der Waals surface area contributed by atoms with Crippen molar-refractivity contribution in [1.82, 2.24) is 25.0 Å². The van der Waals surface area contributed by atoms with Gasteiger partial charge in [0.05, 0.1) is 18.0 Å². The average molecular weight is 339 g/mol. The quantitative estimate of drug-likeness (QED) is 0.748. The zero-order valence-electron chi connectivity index (χ0n) is 14.9. The zero-order chi connectivity index (χ0) is 17.2. The summed E-state index contributed by atoms with van der Waals surface area (Å²) in [7, 11) is 1.93. The molecule has 25 heavy (non-hydrogen) atoms. The molecule has 1 aliphatic heterocycles. The van der Waals surface area contributed by atoms with Gasteiger partial charge in [0.25, 0.3) is 0 Å². The van der Waals surface area contributed by atoms with E-state index in [1.54, 1.807) is 6.26 Å². The van der Waals surface area contributed by atoms with E-state index in [0.717, 1.165) is 48.7 Å². The number of nitrogens with one attached hydrogen (secondary N) is 1. The van der Waals surface area contributed by atoms with E-state index < -0.39 is 0 Å². The third kappa shape index (κ3) is 3.32. The molecule has 132 valence electrons. The van der Waals surface area contributed by atoms with Crippen molar-refractivity contribution in [2.45, 2.75) is 32.4 Å². The summed E-state index contributed by atoms with van der Waals surface area (Å²) in [6, 6.07) is 6.54. The summed E-state index contributed by atoms with van der Waals surface area (Å²) in [6.45, 7) is 5.99. The van der Waals surface area contributed by atoms with E-state index in [4.69, 9.17) is 4.42 Å². The van der Waals surface area contributed by atoms with Crippen molar-refractivity contribution in [2.75, 3.05) is 19.6 Å². The van der Waals surface area contributed by atoms with E-state index in [0.29, 0.717) is 6.04 Å². The van der Waals surface area contributed by atoms with Gasteiger partial charge in [-0.25, -0.2) is 4.98 Å². The highest BCUT2D eigenvalue weighted by Crippen LogP contribution is 2.25. The summed E-state index contributed by atoms with van der Waals surface area (Å²) < 4.78 is 7.52. The van der Waals surface area contributed by atoms with Crippen molar-refractivity contribution in [2.24, 2.45) is 7.05 Å². The minimum atomic E-state index is 0.300. The molecule has 0 bridgehead atoms. The minimum Gasteiger partial charge on any atom is -0.468 e. The molecule has 1 atom stereocenters. The molecule has 3 aromatic rings. The van der Waals surface area contributed by atoms with Gasteiger partial charge in [0, 0.05) is 31.7 Å². The first-order valence-electron chi connectivity index (χ1n) is 8.99. The first-order valence-corrected chi connectivity index (χ1v) is 8.99. The molecule has 0 saturated carbocycles.